The first kappa shape index (κ1) is 16.0. The fourth-order valence-electron chi connectivity index (χ4n) is 1.67. The van der Waals surface area contributed by atoms with E-state index in [-0.39, 0.29) is 24.0 Å². The molecule has 0 saturated heterocycles. The van der Waals surface area contributed by atoms with E-state index in [0.717, 1.165) is 5.56 Å². The number of phenols is 1. The van der Waals surface area contributed by atoms with Crippen LogP contribution in [-0.2, 0) is 16.0 Å². The van der Waals surface area contributed by atoms with Crippen molar-refractivity contribution in [1.29, 1.82) is 0 Å². The van der Waals surface area contributed by atoms with Crippen LogP contribution >= 0.6 is 0 Å². The summed E-state index contributed by atoms with van der Waals surface area (Å²) in [7, 11) is 0. The van der Waals surface area contributed by atoms with Gasteiger partial charge in [0.15, 0.2) is 6.04 Å². The molecule has 6 heteroatoms. The van der Waals surface area contributed by atoms with Crippen molar-refractivity contribution in [2.24, 2.45) is 11.7 Å². The van der Waals surface area contributed by atoms with Crippen molar-refractivity contribution in [3.63, 3.8) is 0 Å². The molecular formula is C14H22N3O3+. The van der Waals surface area contributed by atoms with Gasteiger partial charge in [-0.1, -0.05) is 26.0 Å². The summed E-state index contributed by atoms with van der Waals surface area (Å²) in [5, 5.41) is 11.8. The van der Waals surface area contributed by atoms with Gasteiger partial charge in [0, 0.05) is 12.3 Å². The number of hydrogen-bond acceptors (Lipinski definition) is 3. The van der Waals surface area contributed by atoms with E-state index in [1.54, 1.807) is 12.1 Å². The van der Waals surface area contributed by atoms with Crippen molar-refractivity contribution >= 4 is 11.8 Å². The van der Waals surface area contributed by atoms with Crippen LogP contribution in [-0.4, -0.2) is 29.0 Å². The Bertz CT molecular complexity index is 471. The fourth-order valence-corrected chi connectivity index (χ4v) is 1.67. The first-order valence-electron chi connectivity index (χ1n) is 6.52. The summed E-state index contributed by atoms with van der Waals surface area (Å²) >= 11 is 0. The minimum Gasteiger partial charge on any atom is -0.508 e. The number of nitrogens with one attached hydrogen (secondary N) is 1. The maximum Gasteiger partial charge on any atom is 0.279 e. The third-order valence-corrected chi connectivity index (χ3v) is 3.18. The highest BCUT2D eigenvalue weighted by molar-refractivity contribution is 5.88. The molecule has 2 atom stereocenters. The number of nitrogens with two attached hydrogens (primary N) is 1. The van der Waals surface area contributed by atoms with E-state index in [1.165, 1.54) is 12.1 Å². The average Bonchev–Trinajstić information content (AvgIpc) is 2.39. The van der Waals surface area contributed by atoms with Crippen molar-refractivity contribution < 1.29 is 20.4 Å². The fraction of sp³-hybridized carbons (Fsp3) is 0.429. The van der Waals surface area contributed by atoms with Crippen LogP contribution in [0.1, 0.15) is 19.4 Å². The quantitative estimate of drug-likeness (QED) is 0.544. The Morgan fingerprint density at radius 3 is 2.30 bits per heavy atom. The third kappa shape index (κ3) is 4.55. The van der Waals surface area contributed by atoms with Crippen LogP contribution in [0.2, 0.25) is 0 Å². The van der Waals surface area contributed by atoms with E-state index in [4.69, 9.17) is 5.73 Å². The molecule has 0 aliphatic rings. The number of hydrogen-bond donors (Lipinski definition) is 4. The second-order valence-corrected chi connectivity index (χ2v) is 5.18. The Balaban J connectivity index is 2.72. The number of primary amides is 1. The molecule has 1 aromatic carbocycles. The van der Waals surface area contributed by atoms with Crippen molar-refractivity contribution in [3.8, 4) is 5.75 Å². The number of phenolic OH excluding ortho intramolecular Hbond substituents is 1. The molecule has 0 fully saturated rings. The SMILES string of the molecule is CC(C)[C@H]([NH3+])C(=O)N[C@@H](Cc1ccc(O)cc1)C(N)=O. The lowest BCUT2D eigenvalue weighted by molar-refractivity contribution is -0.414. The second kappa shape index (κ2) is 6.91. The molecule has 0 heterocycles. The summed E-state index contributed by atoms with van der Waals surface area (Å²) in [5.41, 5.74) is 9.89. The Kier molecular flexibility index (Phi) is 5.52. The number of amides is 2. The summed E-state index contributed by atoms with van der Waals surface area (Å²) in [6, 6.07) is 5.19. The number of benzene rings is 1. The molecule has 2 amide bonds. The van der Waals surface area contributed by atoms with Crippen LogP contribution in [0, 0.1) is 5.92 Å². The summed E-state index contributed by atoms with van der Waals surface area (Å²) in [6.07, 6.45) is 0.284. The zero-order chi connectivity index (χ0) is 15.3. The molecule has 0 unspecified atom stereocenters. The van der Waals surface area contributed by atoms with Crippen LogP contribution in [0.25, 0.3) is 0 Å². The molecule has 1 aromatic rings. The lowest BCUT2D eigenvalue weighted by Gasteiger charge is -2.18. The zero-order valence-electron chi connectivity index (χ0n) is 11.8. The molecule has 1 rings (SSSR count). The van der Waals surface area contributed by atoms with Crippen LogP contribution in [0.3, 0.4) is 0 Å². The highest BCUT2D eigenvalue weighted by Crippen LogP contribution is 2.11. The molecule has 6 nitrogen and oxygen atoms in total. The summed E-state index contributed by atoms with van der Waals surface area (Å²) in [4.78, 5) is 23.4. The van der Waals surface area contributed by atoms with Crippen molar-refractivity contribution in [1.82, 2.24) is 5.32 Å². The normalized spacial score (nSPS) is 13.8. The van der Waals surface area contributed by atoms with E-state index in [2.05, 4.69) is 11.1 Å². The maximum absolute atomic E-state index is 11.9. The molecule has 0 aliphatic heterocycles. The number of quaternary nitrogens is 1. The number of aromatic hydroxyl groups is 1. The Morgan fingerprint density at radius 2 is 1.85 bits per heavy atom. The monoisotopic (exact) mass is 280 g/mol. The van der Waals surface area contributed by atoms with E-state index in [9.17, 15) is 14.7 Å². The minimum atomic E-state index is -0.782. The summed E-state index contributed by atoms with van der Waals surface area (Å²) in [5.74, 6) is -0.659. The van der Waals surface area contributed by atoms with E-state index in [0.29, 0.717) is 0 Å². The van der Waals surface area contributed by atoms with Gasteiger partial charge in [-0.2, -0.15) is 0 Å². The topological polar surface area (TPSA) is 120 Å². The zero-order valence-corrected chi connectivity index (χ0v) is 11.8. The van der Waals surface area contributed by atoms with Gasteiger partial charge >= 0.3 is 0 Å². The van der Waals surface area contributed by atoms with Gasteiger partial charge in [-0.15, -0.1) is 0 Å². The molecule has 110 valence electrons. The first-order valence-corrected chi connectivity index (χ1v) is 6.52. The standard InChI is InChI=1S/C14H21N3O3/c1-8(2)12(15)14(20)17-11(13(16)19)7-9-3-5-10(18)6-4-9/h3-6,8,11-12,18H,7,15H2,1-2H3,(H2,16,19)(H,17,20)/p+1/t11-,12-/m0/s1. The highest BCUT2D eigenvalue weighted by Gasteiger charge is 2.26. The van der Waals surface area contributed by atoms with Gasteiger partial charge in [-0.25, -0.2) is 0 Å². The highest BCUT2D eigenvalue weighted by atomic mass is 16.3. The van der Waals surface area contributed by atoms with Gasteiger partial charge in [0.05, 0.1) is 0 Å². The third-order valence-electron chi connectivity index (χ3n) is 3.18. The number of carbonyl (C=O) groups excluding carboxylic acids is 2. The molecule has 7 N–H and O–H groups in total. The Morgan fingerprint density at radius 1 is 1.30 bits per heavy atom. The predicted molar refractivity (Wildman–Crippen MR) is 74.5 cm³/mol. The number of carbonyl (C=O) groups is 2. The van der Waals surface area contributed by atoms with E-state index >= 15 is 0 Å². The van der Waals surface area contributed by atoms with Crippen molar-refractivity contribution in [2.75, 3.05) is 0 Å². The van der Waals surface area contributed by atoms with Gasteiger partial charge in [-0.3, -0.25) is 9.59 Å². The first-order chi connectivity index (χ1) is 9.31. The van der Waals surface area contributed by atoms with Gasteiger partial charge in [-0.05, 0) is 17.7 Å². The predicted octanol–water partition coefficient (Wildman–Crippen LogP) is -0.829. The largest absolute Gasteiger partial charge is 0.508 e. The van der Waals surface area contributed by atoms with Gasteiger partial charge in [0.25, 0.3) is 5.91 Å². The Labute approximate surface area is 118 Å². The van der Waals surface area contributed by atoms with Crippen molar-refractivity contribution in [3.05, 3.63) is 29.8 Å². The Hall–Kier alpha value is -2.08. The maximum atomic E-state index is 11.9. The van der Waals surface area contributed by atoms with Crippen LogP contribution in [0.4, 0.5) is 0 Å². The average molecular weight is 280 g/mol. The minimum absolute atomic E-state index is 0.0807. The van der Waals surface area contributed by atoms with E-state index in [1.807, 2.05) is 13.8 Å². The van der Waals surface area contributed by atoms with Crippen molar-refractivity contribution in [2.45, 2.75) is 32.4 Å². The van der Waals surface area contributed by atoms with E-state index < -0.39 is 18.0 Å². The molecule has 0 bridgehead atoms. The van der Waals surface area contributed by atoms with Crippen LogP contribution in [0.5, 0.6) is 5.75 Å². The van der Waals surface area contributed by atoms with Gasteiger partial charge in [0.1, 0.15) is 11.8 Å². The van der Waals surface area contributed by atoms with Gasteiger partial charge < -0.3 is 21.9 Å². The molecule has 0 aromatic heterocycles. The molecule has 20 heavy (non-hydrogen) atoms. The summed E-state index contributed by atoms with van der Waals surface area (Å²) in [6.45, 7) is 3.77. The number of rotatable bonds is 6. The smallest absolute Gasteiger partial charge is 0.279 e. The van der Waals surface area contributed by atoms with Gasteiger partial charge in [0.2, 0.25) is 5.91 Å². The lowest BCUT2D eigenvalue weighted by Crippen LogP contribution is -2.71. The molecule has 0 aliphatic carbocycles. The molecule has 0 saturated carbocycles. The summed E-state index contributed by atoms with van der Waals surface area (Å²) < 4.78 is 0. The lowest BCUT2D eigenvalue weighted by atomic mass is 10.0. The molecule has 0 radical (unpaired) electrons. The van der Waals surface area contributed by atoms with Crippen LogP contribution in [0.15, 0.2) is 24.3 Å². The van der Waals surface area contributed by atoms with Crippen LogP contribution < -0.4 is 16.8 Å². The second-order valence-electron chi connectivity index (χ2n) is 5.18. The molecular weight excluding hydrogens is 258 g/mol. The molecule has 0 spiro atoms.